The van der Waals surface area contributed by atoms with Crippen LogP contribution in [0.15, 0.2) is 48.8 Å². The van der Waals surface area contributed by atoms with Crippen molar-refractivity contribution >= 4 is 10.0 Å². The summed E-state index contributed by atoms with van der Waals surface area (Å²) in [5, 5.41) is 4.23. The lowest BCUT2D eigenvalue weighted by Crippen LogP contribution is -2.41. The zero-order valence-corrected chi connectivity index (χ0v) is 15.9. The quantitative estimate of drug-likeness (QED) is 0.728. The second-order valence-electron chi connectivity index (χ2n) is 7.02. The first-order chi connectivity index (χ1) is 12.6. The zero-order valence-electron chi connectivity index (χ0n) is 15.1. The summed E-state index contributed by atoms with van der Waals surface area (Å²) in [7, 11) is -3.28. The summed E-state index contributed by atoms with van der Waals surface area (Å²) in [4.78, 5) is 2.45. The number of sulfonamides is 1. The molecule has 3 rings (SSSR count). The average molecular weight is 377 g/mol. The van der Waals surface area contributed by atoms with E-state index in [1.54, 1.807) is 6.20 Å². The molecule has 1 fully saturated rings. The third kappa shape index (κ3) is 6.23. The average Bonchev–Trinajstić information content (AvgIpc) is 3.15. The van der Waals surface area contributed by atoms with Crippen LogP contribution >= 0.6 is 0 Å². The van der Waals surface area contributed by atoms with Gasteiger partial charge in [0.15, 0.2) is 0 Å². The molecule has 1 atom stereocenters. The minimum Gasteiger partial charge on any atom is -0.303 e. The van der Waals surface area contributed by atoms with Crippen LogP contribution in [-0.2, 0) is 22.3 Å². The van der Waals surface area contributed by atoms with Crippen molar-refractivity contribution in [2.45, 2.75) is 31.6 Å². The highest BCUT2D eigenvalue weighted by molar-refractivity contribution is 7.88. The van der Waals surface area contributed by atoms with Gasteiger partial charge in [-0.05, 0) is 49.9 Å². The number of hydrogen-bond donors (Lipinski definition) is 1. The van der Waals surface area contributed by atoms with Gasteiger partial charge in [-0.15, -0.1) is 0 Å². The summed E-state index contributed by atoms with van der Waals surface area (Å²) >= 11 is 0. The molecule has 0 bridgehead atoms. The van der Waals surface area contributed by atoms with Crippen LogP contribution in [0.2, 0.25) is 0 Å². The van der Waals surface area contributed by atoms with Crippen LogP contribution in [0.3, 0.4) is 0 Å². The smallest absolute Gasteiger partial charge is 0.215 e. The molecule has 1 aromatic carbocycles. The van der Waals surface area contributed by atoms with Crippen LogP contribution in [0.5, 0.6) is 0 Å². The van der Waals surface area contributed by atoms with E-state index in [2.05, 4.69) is 14.7 Å². The molecule has 1 saturated heterocycles. The van der Waals surface area contributed by atoms with E-state index >= 15 is 0 Å². The van der Waals surface area contributed by atoms with Gasteiger partial charge in [-0.3, -0.25) is 4.68 Å². The van der Waals surface area contributed by atoms with Crippen molar-refractivity contribution in [2.75, 3.05) is 26.2 Å². The van der Waals surface area contributed by atoms with Crippen molar-refractivity contribution in [1.29, 1.82) is 0 Å². The SMILES string of the molecule is O=S(=O)(Cc1ccccc1)NC[C@@H]1CCCN(CCCn2cccn2)C1. The largest absolute Gasteiger partial charge is 0.303 e. The molecule has 7 heteroatoms. The van der Waals surface area contributed by atoms with Crippen molar-refractivity contribution in [3.8, 4) is 0 Å². The zero-order chi connectivity index (χ0) is 18.2. The number of rotatable bonds is 9. The molecule has 142 valence electrons. The predicted octanol–water partition coefficient (Wildman–Crippen LogP) is 2.10. The van der Waals surface area contributed by atoms with Crippen molar-refractivity contribution < 1.29 is 8.42 Å². The Labute approximate surface area is 156 Å². The van der Waals surface area contributed by atoms with E-state index in [-0.39, 0.29) is 5.75 Å². The number of likely N-dealkylation sites (tertiary alicyclic amines) is 1. The Bertz CT molecular complexity index is 747. The molecular weight excluding hydrogens is 348 g/mol. The molecule has 1 aromatic heterocycles. The first-order valence-corrected chi connectivity index (χ1v) is 11.0. The third-order valence-corrected chi connectivity index (χ3v) is 6.14. The molecule has 1 aliphatic heterocycles. The van der Waals surface area contributed by atoms with Gasteiger partial charge in [0, 0.05) is 32.0 Å². The number of nitrogens with one attached hydrogen (secondary N) is 1. The van der Waals surface area contributed by atoms with Gasteiger partial charge in [-0.25, -0.2) is 13.1 Å². The monoisotopic (exact) mass is 376 g/mol. The second kappa shape index (κ2) is 9.30. The molecule has 0 saturated carbocycles. The van der Waals surface area contributed by atoms with E-state index in [1.807, 2.05) is 47.3 Å². The van der Waals surface area contributed by atoms with Gasteiger partial charge in [-0.2, -0.15) is 5.10 Å². The molecule has 2 heterocycles. The van der Waals surface area contributed by atoms with Crippen LogP contribution in [0.4, 0.5) is 0 Å². The summed E-state index contributed by atoms with van der Waals surface area (Å²) in [6.45, 7) is 4.56. The normalized spacial score (nSPS) is 18.8. The Morgan fingerprint density at radius 3 is 2.77 bits per heavy atom. The van der Waals surface area contributed by atoms with Crippen molar-refractivity contribution in [1.82, 2.24) is 19.4 Å². The molecular formula is C19H28N4O2S. The maximum atomic E-state index is 12.3. The summed E-state index contributed by atoms with van der Waals surface area (Å²) in [6.07, 6.45) is 7.07. The van der Waals surface area contributed by atoms with E-state index in [1.165, 1.54) is 0 Å². The predicted molar refractivity (Wildman–Crippen MR) is 103 cm³/mol. The fourth-order valence-electron chi connectivity index (χ4n) is 3.50. The summed E-state index contributed by atoms with van der Waals surface area (Å²) < 4.78 is 29.4. The number of hydrogen-bond acceptors (Lipinski definition) is 4. The topological polar surface area (TPSA) is 67.2 Å². The fourth-order valence-corrected chi connectivity index (χ4v) is 4.72. The Balaban J connectivity index is 1.40. The highest BCUT2D eigenvalue weighted by Crippen LogP contribution is 2.16. The summed E-state index contributed by atoms with van der Waals surface area (Å²) in [5.74, 6) is 0.438. The lowest BCUT2D eigenvalue weighted by molar-refractivity contribution is 0.171. The Morgan fingerprint density at radius 2 is 2.00 bits per heavy atom. The van der Waals surface area contributed by atoms with Crippen LogP contribution in [0, 0.1) is 5.92 Å². The molecule has 0 radical (unpaired) electrons. The number of piperidine rings is 1. The minimum atomic E-state index is -3.28. The van der Waals surface area contributed by atoms with Gasteiger partial charge >= 0.3 is 0 Å². The second-order valence-corrected chi connectivity index (χ2v) is 8.83. The first kappa shape index (κ1) is 19.1. The number of benzene rings is 1. The van der Waals surface area contributed by atoms with E-state index in [0.717, 1.165) is 51.0 Å². The van der Waals surface area contributed by atoms with Crippen LogP contribution in [-0.4, -0.2) is 49.3 Å². The van der Waals surface area contributed by atoms with Gasteiger partial charge in [-0.1, -0.05) is 30.3 Å². The van der Waals surface area contributed by atoms with Crippen LogP contribution < -0.4 is 4.72 Å². The lowest BCUT2D eigenvalue weighted by atomic mass is 9.98. The van der Waals surface area contributed by atoms with Gasteiger partial charge < -0.3 is 4.90 Å². The standard InChI is InChI=1S/C19H28N4O2S/c24-26(25,17-18-7-2-1-3-8-18)21-15-19-9-4-11-22(16-19)12-6-14-23-13-5-10-20-23/h1-3,5,7-8,10,13,19,21H,4,6,9,11-12,14-17H2/t19-/m0/s1. The maximum Gasteiger partial charge on any atom is 0.215 e. The van der Waals surface area contributed by atoms with Gasteiger partial charge in [0.25, 0.3) is 0 Å². The molecule has 1 aliphatic rings. The van der Waals surface area contributed by atoms with Gasteiger partial charge in [0.1, 0.15) is 0 Å². The summed E-state index contributed by atoms with van der Waals surface area (Å²) in [6, 6.07) is 11.3. The van der Waals surface area contributed by atoms with Gasteiger partial charge in [0.2, 0.25) is 10.0 Å². The molecule has 2 aromatic rings. The van der Waals surface area contributed by atoms with E-state index < -0.39 is 10.0 Å². The highest BCUT2D eigenvalue weighted by atomic mass is 32.2. The van der Waals surface area contributed by atoms with Crippen LogP contribution in [0.1, 0.15) is 24.8 Å². The molecule has 6 nitrogen and oxygen atoms in total. The Morgan fingerprint density at radius 1 is 1.15 bits per heavy atom. The van der Waals surface area contributed by atoms with Crippen molar-refractivity contribution in [2.24, 2.45) is 5.92 Å². The maximum absolute atomic E-state index is 12.3. The molecule has 0 unspecified atom stereocenters. The third-order valence-electron chi connectivity index (χ3n) is 4.82. The minimum absolute atomic E-state index is 0.0497. The van der Waals surface area contributed by atoms with Crippen molar-refractivity contribution in [3.05, 3.63) is 54.4 Å². The molecule has 0 amide bonds. The molecule has 26 heavy (non-hydrogen) atoms. The first-order valence-electron chi connectivity index (χ1n) is 9.32. The fraction of sp³-hybridized carbons (Fsp3) is 0.526. The van der Waals surface area contributed by atoms with E-state index in [9.17, 15) is 8.42 Å². The molecule has 0 spiro atoms. The molecule has 0 aliphatic carbocycles. The highest BCUT2D eigenvalue weighted by Gasteiger charge is 2.21. The Hall–Kier alpha value is -1.70. The van der Waals surface area contributed by atoms with Crippen molar-refractivity contribution in [3.63, 3.8) is 0 Å². The van der Waals surface area contributed by atoms with Gasteiger partial charge in [0.05, 0.1) is 5.75 Å². The number of nitrogens with zero attached hydrogens (tertiary/aromatic N) is 3. The lowest BCUT2D eigenvalue weighted by Gasteiger charge is -2.32. The number of aryl methyl sites for hydroxylation is 1. The van der Waals surface area contributed by atoms with E-state index in [4.69, 9.17) is 0 Å². The van der Waals surface area contributed by atoms with Crippen LogP contribution in [0.25, 0.3) is 0 Å². The Kier molecular flexibility index (Phi) is 6.82. The summed E-state index contributed by atoms with van der Waals surface area (Å²) in [5.41, 5.74) is 0.823. The molecule has 1 N–H and O–H groups in total. The number of aromatic nitrogens is 2. The van der Waals surface area contributed by atoms with E-state index in [0.29, 0.717) is 12.5 Å².